The number of hydrogen-bond donors (Lipinski definition) is 2. The molecule has 0 aliphatic rings. The van der Waals surface area contributed by atoms with Gasteiger partial charge in [-0.3, -0.25) is 9.59 Å². The van der Waals surface area contributed by atoms with E-state index in [1.165, 1.54) is 6.07 Å². The molecule has 0 atom stereocenters. The van der Waals surface area contributed by atoms with Gasteiger partial charge in [-0.15, -0.1) is 0 Å². The van der Waals surface area contributed by atoms with Gasteiger partial charge >= 0.3 is 5.97 Å². The Hall–Kier alpha value is -4.19. The van der Waals surface area contributed by atoms with Crippen molar-refractivity contribution < 1.29 is 14.3 Å². The highest BCUT2D eigenvalue weighted by Gasteiger charge is 2.13. The molecule has 1 aromatic heterocycles. The van der Waals surface area contributed by atoms with Crippen molar-refractivity contribution in [3.05, 3.63) is 112 Å². The van der Waals surface area contributed by atoms with Crippen LogP contribution in [-0.2, 0) is 11.3 Å². The normalized spacial score (nSPS) is 10.5. The minimum absolute atomic E-state index is 0.0283. The Morgan fingerprint density at radius 2 is 1.57 bits per heavy atom. The van der Waals surface area contributed by atoms with Crippen LogP contribution in [0.3, 0.4) is 0 Å². The summed E-state index contributed by atoms with van der Waals surface area (Å²) >= 11 is 0. The molecule has 30 heavy (non-hydrogen) atoms. The van der Waals surface area contributed by atoms with Crippen molar-refractivity contribution in [2.75, 3.05) is 5.32 Å². The van der Waals surface area contributed by atoms with Crippen molar-refractivity contribution in [2.45, 2.75) is 6.61 Å². The number of pyridine rings is 1. The van der Waals surface area contributed by atoms with Gasteiger partial charge in [0.1, 0.15) is 6.61 Å². The van der Waals surface area contributed by atoms with Crippen molar-refractivity contribution in [1.29, 1.82) is 0 Å². The summed E-state index contributed by atoms with van der Waals surface area (Å²) < 4.78 is 5.38. The second kappa shape index (κ2) is 8.45. The zero-order valence-corrected chi connectivity index (χ0v) is 15.9. The predicted octanol–water partition coefficient (Wildman–Crippen LogP) is 4.14. The van der Waals surface area contributed by atoms with Gasteiger partial charge in [-0.2, -0.15) is 0 Å². The third-order valence-electron chi connectivity index (χ3n) is 4.59. The van der Waals surface area contributed by atoms with Gasteiger partial charge in [0, 0.05) is 28.2 Å². The fraction of sp³-hybridized carbons (Fsp3) is 0.0417. The number of amides is 1. The van der Waals surface area contributed by atoms with Crippen LogP contribution in [0.5, 0.6) is 0 Å². The van der Waals surface area contributed by atoms with E-state index in [2.05, 4.69) is 10.3 Å². The lowest BCUT2D eigenvalue weighted by Crippen LogP contribution is -2.13. The molecule has 1 amide bonds. The molecule has 3 aromatic carbocycles. The second-order valence-corrected chi connectivity index (χ2v) is 6.69. The highest BCUT2D eigenvalue weighted by Crippen LogP contribution is 2.17. The van der Waals surface area contributed by atoms with Crippen molar-refractivity contribution in [3.8, 4) is 0 Å². The summed E-state index contributed by atoms with van der Waals surface area (Å²) in [6.45, 7) is 0.0283. The number of rotatable bonds is 5. The maximum absolute atomic E-state index is 12.5. The number of para-hydroxylation sites is 2. The van der Waals surface area contributed by atoms with Crippen LogP contribution in [0.15, 0.2) is 89.7 Å². The van der Waals surface area contributed by atoms with E-state index in [9.17, 15) is 14.4 Å². The van der Waals surface area contributed by atoms with E-state index < -0.39 is 5.97 Å². The highest BCUT2D eigenvalue weighted by molar-refractivity contribution is 6.04. The maximum atomic E-state index is 12.5. The van der Waals surface area contributed by atoms with Gasteiger partial charge in [0.15, 0.2) is 0 Å². The first-order valence-corrected chi connectivity index (χ1v) is 9.35. The fourth-order valence-corrected chi connectivity index (χ4v) is 3.08. The first kappa shape index (κ1) is 19.1. The van der Waals surface area contributed by atoms with E-state index >= 15 is 0 Å². The molecule has 0 saturated carbocycles. The van der Waals surface area contributed by atoms with Gasteiger partial charge in [0.05, 0.1) is 5.56 Å². The minimum Gasteiger partial charge on any atom is -0.457 e. The number of hydrogen-bond acceptors (Lipinski definition) is 4. The number of aromatic amines is 1. The molecule has 6 nitrogen and oxygen atoms in total. The molecule has 148 valence electrons. The van der Waals surface area contributed by atoms with Crippen LogP contribution in [0, 0.1) is 0 Å². The quantitative estimate of drug-likeness (QED) is 0.495. The fourth-order valence-electron chi connectivity index (χ4n) is 3.08. The lowest BCUT2D eigenvalue weighted by atomic mass is 10.1. The Labute approximate surface area is 172 Å². The maximum Gasteiger partial charge on any atom is 0.339 e. The van der Waals surface area contributed by atoms with E-state index in [1.54, 1.807) is 48.5 Å². The monoisotopic (exact) mass is 398 g/mol. The number of carbonyl (C=O) groups excluding carboxylic acids is 2. The molecule has 6 heteroatoms. The van der Waals surface area contributed by atoms with Gasteiger partial charge in [-0.1, -0.05) is 48.5 Å². The Kier molecular flexibility index (Phi) is 5.39. The van der Waals surface area contributed by atoms with Crippen LogP contribution in [-0.4, -0.2) is 16.9 Å². The van der Waals surface area contributed by atoms with Crippen molar-refractivity contribution in [1.82, 2.24) is 4.98 Å². The molecule has 0 radical (unpaired) electrons. The summed E-state index contributed by atoms with van der Waals surface area (Å²) in [6.07, 6.45) is 0. The van der Waals surface area contributed by atoms with Gasteiger partial charge in [-0.25, -0.2) is 4.79 Å². The molecule has 0 bridgehead atoms. The lowest BCUT2D eigenvalue weighted by Gasteiger charge is -2.08. The molecule has 0 spiro atoms. The van der Waals surface area contributed by atoms with Crippen LogP contribution in [0.25, 0.3) is 10.9 Å². The summed E-state index contributed by atoms with van der Waals surface area (Å²) in [5.41, 5.74) is 2.36. The third kappa shape index (κ3) is 4.28. The first-order chi connectivity index (χ1) is 14.6. The zero-order chi connectivity index (χ0) is 20.9. The first-order valence-electron chi connectivity index (χ1n) is 9.35. The van der Waals surface area contributed by atoms with E-state index in [-0.39, 0.29) is 23.6 Å². The molecule has 1 heterocycles. The van der Waals surface area contributed by atoms with Gasteiger partial charge in [-0.05, 0) is 35.9 Å². The van der Waals surface area contributed by atoms with Crippen LogP contribution < -0.4 is 10.9 Å². The summed E-state index contributed by atoms with van der Waals surface area (Å²) in [6, 6.07) is 24.3. The van der Waals surface area contributed by atoms with Gasteiger partial charge < -0.3 is 15.0 Å². The predicted molar refractivity (Wildman–Crippen MR) is 115 cm³/mol. The molecule has 0 saturated heterocycles. The Morgan fingerprint density at radius 3 is 2.33 bits per heavy atom. The number of esters is 1. The lowest BCUT2D eigenvalue weighted by molar-refractivity contribution is 0.0474. The smallest absolute Gasteiger partial charge is 0.339 e. The number of benzene rings is 3. The summed E-state index contributed by atoms with van der Waals surface area (Å²) in [4.78, 5) is 39.3. The summed E-state index contributed by atoms with van der Waals surface area (Å²) in [7, 11) is 0. The molecule has 0 fully saturated rings. The molecule has 0 aliphatic carbocycles. The highest BCUT2D eigenvalue weighted by atomic mass is 16.5. The molecular weight excluding hydrogens is 380 g/mol. The number of H-pyrrole nitrogens is 1. The topological polar surface area (TPSA) is 88.3 Å². The average molecular weight is 398 g/mol. The SMILES string of the molecule is O=C(Nc1ccccc1)c1ccc(COC(=O)c2cc(=O)[nH]c3ccccc23)cc1. The Balaban J connectivity index is 1.43. The molecular formula is C24H18N2O4. The number of aromatic nitrogens is 1. The zero-order valence-electron chi connectivity index (χ0n) is 15.9. The minimum atomic E-state index is -0.580. The summed E-state index contributed by atoms with van der Waals surface area (Å²) in [5, 5.41) is 3.44. The Morgan fingerprint density at radius 1 is 0.867 bits per heavy atom. The molecule has 0 unspecified atom stereocenters. The number of ether oxygens (including phenoxy) is 1. The van der Waals surface area contributed by atoms with Crippen LogP contribution >= 0.6 is 0 Å². The number of fused-ring (bicyclic) bond motifs is 1. The van der Waals surface area contributed by atoms with Gasteiger partial charge in [0.25, 0.3) is 5.91 Å². The number of nitrogens with one attached hydrogen (secondary N) is 2. The standard InChI is InChI=1S/C24H18N2O4/c27-22-14-20(19-8-4-5-9-21(19)26-22)24(29)30-15-16-10-12-17(13-11-16)23(28)25-18-6-2-1-3-7-18/h1-14H,15H2,(H,25,28)(H,26,27). The molecule has 0 aliphatic heterocycles. The number of carbonyl (C=O) groups is 2. The largest absolute Gasteiger partial charge is 0.457 e. The Bertz CT molecular complexity index is 1260. The van der Waals surface area contributed by atoms with E-state index in [0.717, 1.165) is 5.56 Å². The van der Waals surface area contributed by atoms with Crippen molar-refractivity contribution in [3.63, 3.8) is 0 Å². The molecule has 2 N–H and O–H groups in total. The number of anilines is 1. The molecule has 4 rings (SSSR count). The average Bonchev–Trinajstić information content (AvgIpc) is 2.78. The molecule has 4 aromatic rings. The van der Waals surface area contributed by atoms with Crippen LogP contribution in [0.1, 0.15) is 26.3 Å². The van der Waals surface area contributed by atoms with E-state index in [4.69, 9.17) is 4.74 Å². The van der Waals surface area contributed by atoms with Gasteiger partial charge in [0.2, 0.25) is 5.56 Å². The van der Waals surface area contributed by atoms with Crippen LogP contribution in [0.4, 0.5) is 5.69 Å². The van der Waals surface area contributed by atoms with Crippen molar-refractivity contribution >= 4 is 28.5 Å². The summed E-state index contributed by atoms with van der Waals surface area (Å²) in [5.74, 6) is -0.803. The van der Waals surface area contributed by atoms with Crippen LogP contribution in [0.2, 0.25) is 0 Å². The second-order valence-electron chi connectivity index (χ2n) is 6.69. The van der Waals surface area contributed by atoms with Crippen molar-refractivity contribution in [2.24, 2.45) is 0 Å². The third-order valence-corrected chi connectivity index (χ3v) is 4.59. The van der Waals surface area contributed by atoms with E-state index in [0.29, 0.717) is 22.2 Å². The van der Waals surface area contributed by atoms with E-state index in [1.807, 2.05) is 30.3 Å².